The molecule has 0 aliphatic carbocycles. The van der Waals surface area contributed by atoms with Gasteiger partial charge in [-0.05, 0) is 25.9 Å². The van der Waals surface area contributed by atoms with Crippen molar-refractivity contribution in [1.29, 1.82) is 0 Å². The van der Waals surface area contributed by atoms with Gasteiger partial charge in [-0.2, -0.15) is 0 Å². The third kappa shape index (κ3) is 3.82. The Labute approximate surface area is 110 Å². The largest absolute Gasteiger partial charge is 0.374 e. The molecular formula is C13H25ClN2O. The van der Waals surface area contributed by atoms with Crippen LogP contribution in [0.2, 0.25) is 0 Å². The molecule has 0 aromatic heterocycles. The van der Waals surface area contributed by atoms with Crippen LogP contribution in [0.5, 0.6) is 0 Å². The average Bonchev–Trinajstić information content (AvgIpc) is 2.39. The zero-order chi connectivity index (χ0) is 12.1. The average molecular weight is 261 g/mol. The van der Waals surface area contributed by atoms with Gasteiger partial charge in [0.25, 0.3) is 0 Å². The summed E-state index contributed by atoms with van der Waals surface area (Å²) in [7, 11) is 0. The lowest BCUT2D eigenvalue weighted by Crippen LogP contribution is -2.51. The van der Waals surface area contributed by atoms with Gasteiger partial charge in [-0.25, -0.2) is 0 Å². The Morgan fingerprint density at radius 1 is 1.29 bits per heavy atom. The van der Waals surface area contributed by atoms with Gasteiger partial charge in [0.2, 0.25) is 0 Å². The van der Waals surface area contributed by atoms with Crippen LogP contribution >= 0.6 is 11.6 Å². The first-order valence-corrected chi connectivity index (χ1v) is 7.51. The van der Waals surface area contributed by atoms with Gasteiger partial charge in [-0.3, -0.25) is 9.80 Å². The highest BCUT2D eigenvalue weighted by Crippen LogP contribution is 2.19. The Kier molecular flexibility index (Phi) is 5.54. The number of likely N-dealkylation sites (N-methyl/N-ethyl adjacent to an activating group) is 1. The molecule has 2 unspecified atom stereocenters. The van der Waals surface area contributed by atoms with Crippen molar-refractivity contribution in [3.05, 3.63) is 0 Å². The van der Waals surface area contributed by atoms with Crippen LogP contribution in [0.25, 0.3) is 0 Å². The maximum Gasteiger partial charge on any atom is 0.0829 e. The van der Waals surface area contributed by atoms with E-state index in [1.54, 1.807) is 0 Å². The predicted molar refractivity (Wildman–Crippen MR) is 71.8 cm³/mol. The summed E-state index contributed by atoms with van der Waals surface area (Å²) >= 11 is 6.06. The minimum absolute atomic E-state index is 0.382. The fourth-order valence-corrected chi connectivity index (χ4v) is 3.26. The van der Waals surface area contributed by atoms with Gasteiger partial charge < -0.3 is 4.74 Å². The molecule has 100 valence electrons. The third-order valence-corrected chi connectivity index (χ3v) is 4.39. The molecular weight excluding hydrogens is 236 g/mol. The van der Waals surface area contributed by atoms with Crippen LogP contribution in [0.4, 0.5) is 0 Å². The van der Waals surface area contributed by atoms with Crippen LogP contribution in [-0.4, -0.2) is 67.2 Å². The van der Waals surface area contributed by atoms with E-state index in [0.29, 0.717) is 12.1 Å². The van der Waals surface area contributed by atoms with E-state index in [1.807, 2.05) is 0 Å². The second-order valence-corrected chi connectivity index (χ2v) is 5.49. The summed E-state index contributed by atoms with van der Waals surface area (Å²) in [4.78, 5) is 5.02. The maximum atomic E-state index is 6.06. The predicted octanol–water partition coefficient (Wildman–Crippen LogP) is 1.80. The summed E-state index contributed by atoms with van der Waals surface area (Å²) < 4.78 is 5.88. The molecule has 0 bridgehead atoms. The SMILES string of the molecule is CCN1CCOC(CN2CCCCC2CCl)C1. The number of piperidine rings is 1. The van der Waals surface area contributed by atoms with Crippen molar-refractivity contribution in [2.24, 2.45) is 0 Å². The molecule has 0 amide bonds. The number of alkyl halides is 1. The molecule has 2 fully saturated rings. The van der Waals surface area contributed by atoms with E-state index < -0.39 is 0 Å². The highest BCUT2D eigenvalue weighted by Gasteiger charge is 2.27. The second-order valence-electron chi connectivity index (χ2n) is 5.18. The highest BCUT2D eigenvalue weighted by molar-refractivity contribution is 6.18. The summed E-state index contributed by atoms with van der Waals surface area (Å²) in [5.74, 6) is 0.768. The first-order chi connectivity index (χ1) is 8.33. The number of ether oxygens (including phenoxy) is 1. The van der Waals surface area contributed by atoms with Crippen LogP contribution in [-0.2, 0) is 4.74 Å². The number of nitrogens with zero attached hydrogens (tertiary/aromatic N) is 2. The number of likely N-dealkylation sites (tertiary alicyclic amines) is 1. The summed E-state index contributed by atoms with van der Waals surface area (Å²) in [6.45, 7) is 8.69. The summed E-state index contributed by atoms with van der Waals surface area (Å²) in [5.41, 5.74) is 0. The van der Waals surface area contributed by atoms with Crippen molar-refractivity contribution in [3.8, 4) is 0 Å². The third-order valence-electron chi connectivity index (χ3n) is 4.04. The van der Waals surface area contributed by atoms with Crippen molar-refractivity contribution in [2.75, 3.05) is 45.2 Å². The lowest BCUT2D eigenvalue weighted by atomic mass is 10.0. The molecule has 17 heavy (non-hydrogen) atoms. The van der Waals surface area contributed by atoms with Crippen LogP contribution in [0.3, 0.4) is 0 Å². The molecule has 0 aromatic carbocycles. The Hall–Kier alpha value is 0.170. The van der Waals surface area contributed by atoms with Crippen molar-refractivity contribution in [3.63, 3.8) is 0 Å². The zero-order valence-corrected chi connectivity index (χ0v) is 11.7. The van der Waals surface area contributed by atoms with Gasteiger partial charge in [-0.1, -0.05) is 13.3 Å². The molecule has 0 aromatic rings. The second kappa shape index (κ2) is 6.93. The molecule has 2 rings (SSSR count). The molecule has 2 atom stereocenters. The van der Waals surface area contributed by atoms with Crippen LogP contribution in [0.1, 0.15) is 26.2 Å². The molecule has 0 N–H and O–H groups in total. The first kappa shape index (κ1) is 13.6. The molecule has 0 saturated carbocycles. The van der Waals surface area contributed by atoms with Gasteiger partial charge in [0, 0.05) is 31.6 Å². The number of halogens is 1. The van der Waals surface area contributed by atoms with E-state index in [-0.39, 0.29) is 0 Å². The van der Waals surface area contributed by atoms with Crippen molar-refractivity contribution in [1.82, 2.24) is 9.80 Å². The van der Waals surface area contributed by atoms with E-state index in [9.17, 15) is 0 Å². The standard InChI is InChI=1S/C13H25ClN2O/c1-2-15-7-8-17-13(10-15)11-16-6-4-3-5-12(16)9-14/h12-13H,2-11H2,1H3. The topological polar surface area (TPSA) is 15.7 Å². The van der Waals surface area contributed by atoms with E-state index in [4.69, 9.17) is 16.3 Å². The summed E-state index contributed by atoms with van der Waals surface area (Å²) in [5, 5.41) is 0. The molecule has 4 heteroatoms. The molecule has 2 heterocycles. The normalized spacial score (nSPS) is 32.8. The van der Waals surface area contributed by atoms with Crippen LogP contribution in [0, 0.1) is 0 Å². The van der Waals surface area contributed by atoms with E-state index in [1.165, 1.54) is 25.8 Å². The number of hydrogen-bond donors (Lipinski definition) is 0. The zero-order valence-electron chi connectivity index (χ0n) is 10.9. The van der Waals surface area contributed by atoms with E-state index >= 15 is 0 Å². The van der Waals surface area contributed by atoms with Gasteiger partial charge in [0.05, 0.1) is 12.7 Å². The lowest BCUT2D eigenvalue weighted by molar-refractivity contribution is -0.0492. The van der Waals surface area contributed by atoms with Crippen molar-refractivity contribution in [2.45, 2.75) is 38.3 Å². The summed E-state index contributed by atoms with van der Waals surface area (Å²) in [6.07, 6.45) is 4.29. The van der Waals surface area contributed by atoms with Gasteiger partial charge >= 0.3 is 0 Å². The molecule has 3 nitrogen and oxygen atoms in total. The van der Waals surface area contributed by atoms with Gasteiger partial charge in [-0.15, -0.1) is 11.6 Å². The van der Waals surface area contributed by atoms with E-state index in [2.05, 4.69) is 16.7 Å². The molecule has 0 spiro atoms. The Balaban J connectivity index is 1.81. The smallest absolute Gasteiger partial charge is 0.0829 e. The minimum Gasteiger partial charge on any atom is -0.374 e. The Bertz CT molecular complexity index is 227. The Morgan fingerprint density at radius 2 is 2.18 bits per heavy atom. The molecule has 0 radical (unpaired) electrons. The number of rotatable bonds is 4. The maximum absolute atomic E-state index is 6.06. The molecule has 2 saturated heterocycles. The lowest BCUT2D eigenvalue weighted by Gasteiger charge is -2.39. The Morgan fingerprint density at radius 3 is 2.94 bits per heavy atom. The quantitative estimate of drug-likeness (QED) is 0.717. The van der Waals surface area contributed by atoms with Crippen LogP contribution in [0.15, 0.2) is 0 Å². The fraction of sp³-hybridized carbons (Fsp3) is 1.00. The molecule has 2 aliphatic heterocycles. The fourth-order valence-electron chi connectivity index (χ4n) is 2.91. The van der Waals surface area contributed by atoms with Gasteiger partial charge in [0.15, 0.2) is 0 Å². The monoisotopic (exact) mass is 260 g/mol. The van der Waals surface area contributed by atoms with Crippen LogP contribution < -0.4 is 0 Å². The number of hydrogen-bond acceptors (Lipinski definition) is 3. The minimum atomic E-state index is 0.382. The van der Waals surface area contributed by atoms with Crippen molar-refractivity contribution >= 4 is 11.6 Å². The first-order valence-electron chi connectivity index (χ1n) is 6.97. The van der Waals surface area contributed by atoms with Crippen molar-refractivity contribution < 1.29 is 4.74 Å². The highest BCUT2D eigenvalue weighted by atomic mass is 35.5. The molecule has 2 aliphatic rings. The van der Waals surface area contributed by atoms with Gasteiger partial charge in [0.1, 0.15) is 0 Å². The van der Waals surface area contributed by atoms with E-state index in [0.717, 1.165) is 38.7 Å². The summed E-state index contributed by atoms with van der Waals surface area (Å²) in [6, 6.07) is 0.575. The number of morpholine rings is 1.